The lowest BCUT2D eigenvalue weighted by Gasteiger charge is -2.19. The van der Waals surface area contributed by atoms with Crippen LogP contribution in [0.25, 0.3) is 22.5 Å². The van der Waals surface area contributed by atoms with Crippen LogP contribution in [0.4, 0.5) is 0 Å². The molecule has 0 saturated carbocycles. The minimum atomic E-state index is 1.22. The first-order valence-corrected chi connectivity index (χ1v) is 6.42. The second kappa shape index (κ2) is 3.36. The maximum atomic E-state index is 2.54. The van der Waals surface area contributed by atoms with Gasteiger partial charge >= 0.3 is 0 Å². The third kappa shape index (κ3) is 1.25. The molecule has 2 aromatic rings. The fraction of sp³-hybridized carbons (Fsp3) is 0.250. The molecular formula is C16H15N. The maximum Gasteiger partial charge on any atom is 0.0452 e. The zero-order valence-electron chi connectivity index (χ0n) is 9.82. The van der Waals surface area contributed by atoms with Crippen LogP contribution < -0.4 is 0 Å². The predicted molar refractivity (Wildman–Crippen MR) is 72.6 cm³/mol. The Bertz CT molecular complexity index is 613. The minimum absolute atomic E-state index is 1.22. The van der Waals surface area contributed by atoms with E-state index in [2.05, 4.69) is 47.4 Å². The number of hydrogen-bond acceptors (Lipinski definition) is 1. The summed E-state index contributed by atoms with van der Waals surface area (Å²) in [6, 6.07) is 13.3. The summed E-state index contributed by atoms with van der Waals surface area (Å²) in [5.41, 5.74) is 4.26. The number of nitrogens with zero attached hydrogens (tertiary/aromatic N) is 1. The molecule has 17 heavy (non-hydrogen) atoms. The monoisotopic (exact) mass is 221 g/mol. The molecule has 0 bridgehead atoms. The van der Waals surface area contributed by atoms with Crippen molar-refractivity contribution in [1.82, 2.24) is 4.90 Å². The van der Waals surface area contributed by atoms with Gasteiger partial charge in [-0.15, -0.1) is 0 Å². The first-order valence-electron chi connectivity index (χ1n) is 6.42. The molecule has 1 aliphatic carbocycles. The van der Waals surface area contributed by atoms with E-state index in [0.717, 1.165) is 0 Å². The highest BCUT2D eigenvalue weighted by Gasteiger charge is 2.22. The van der Waals surface area contributed by atoms with Crippen molar-refractivity contribution in [3.8, 4) is 0 Å². The number of rotatable bonds is 1. The molecule has 84 valence electrons. The Labute approximate surface area is 101 Å². The largest absolute Gasteiger partial charge is 0.371 e. The zero-order valence-corrected chi connectivity index (χ0v) is 9.82. The van der Waals surface area contributed by atoms with E-state index in [9.17, 15) is 0 Å². The second-order valence-electron chi connectivity index (χ2n) is 4.97. The first kappa shape index (κ1) is 9.29. The molecule has 0 atom stereocenters. The van der Waals surface area contributed by atoms with Crippen LogP contribution in [0.15, 0.2) is 36.4 Å². The van der Waals surface area contributed by atoms with Crippen molar-refractivity contribution < 1.29 is 0 Å². The van der Waals surface area contributed by atoms with Gasteiger partial charge in [0.1, 0.15) is 0 Å². The molecule has 2 aromatic carbocycles. The molecule has 1 aliphatic heterocycles. The average Bonchev–Trinajstić information content (AvgIpc) is 2.98. The fourth-order valence-electron chi connectivity index (χ4n) is 3.15. The van der Waals surface area contributed by atoms with Crippen molar-refractivity contribution in [2.75, 3.05) is 13.1 Å². The Kier molecular flexibility index (Phi) is 1.84. The summed E-state index contributed by atoms with van der Waals surface area (Å²) in [6.45, 7) is 2.44. The smallest absolute Gasteiger partial charge is 0.0452 e. The molecule has 0 amide bonds. The van der Waals surface area contributed by atoms with Crippen molar-refractivity contribution in [3.05, 3.63) is 47.5 Å². The van der Waals surface area contributed by atoms with Gasteiger partial charge in [-0.1, -0.05) is 36.4 Å². The molecule has 0 aromatic heterocycles. The molecule has 4 rings (SSSR count). The van der Waals surface area contributed by atoms with Gasteiger partial charge in [0.25, 0.3) is 0 Å². The van der Waals surface area contributed by atoms with E-state index in [1.165, 1.54) is 53.5 Å². The third-order valence-electron chi connectivity index (χ3n) is 3.95. The third-order valence-corrected chi connectivity index (χ3v) is 3.95. The Morgan fingerprint density at radius 3 is 2.47 bits per heavy atom. The average molecular weight is 221 g/mol. The summed E-state index contributed by atoms with van der Waals surface area (Å²) >= 11 is 0. The predicted octanol–water partition coefficient (Wildman–Crippen LogP) is 3.75. The fourth-order valence-corrected chi connectivity index (χ4v) is 3.15. The minimum Gasteiger partial charge on any atom is -0.371 e. The SMILES string of the molecule is C1=C(N2CCCC2)c2cccc3cccc1c23. The van der Waals surface area contributed by atoms with Crippen LogP contribution in [-0.2, 0) is 0 Å². The van der Waals surface area contributed by atoms with Gasteiger partial charge in [0, 0.05) is 24.4 Å². The van der Waals surface area contributed by atoms with E-state index in [1.54, 1.807) is 0 Å². The van der Waals surface area contributed by atoms with Gasteiger partial charge in [0.2, 0.25) is 0 Å². The van der Waals surface area contributed by atoms with Crippen LogP contribution in [0.3, 0.4) is 0 Å². The lowest BCUT2D eigenvalue weighted by molar-refractivity contribution is 0.496. The quantitative estimate of drug-likeness (QED) is 0.709. The van der Waals surface area contributed by atoms with Crippen LogP contribution in [0.2, 0.25) is 0 Å². The van der Waals surface area contributed by atoms with Crippen molar-refractivity contribution in [1.29, 1.82) is 0 Å². The van der Waals surface area contributed by atoms with Gasteiger partial charge in [-0.25, -0.2) is 0 Å². The molecule has 1 saturated heterocycles. The molecule has 1 heterocycles. The van der Waals surface area contributed by atoms with Gasteiger partial charge in [-0.3, -0.25) is 0 Å². The first-order chi connectivity index (χ1) is 8.43. The van der Waals surface area contributed by atoms with E-state index in [4.69, 9.17) is 0 Å². The molecule has 0 N–H and O–H groups in total. The van der Waals surface area contributed by atoms with Crippen LogP contribution in [0.5, 0.6) is 0 Å². The second-order valence-corrected chi connectivity index (χ2v) is 4.97. The molecule has 0 unspecified atom stereocenters. The Morgan fingerprint density at radius 2 is 1.65 bits per heavy atom. The molecular weight excluding hydrogens is 206 g/mol. The van der Waals surface area contributed by atoms with E-state index >= 15 is 0 Å². The summed E-state index contributed by atoms with van der Waals surface area (Å²) in [5, 5.41) is 2.81. The van der Waals surface area contributed by atoms with E-state index in [0.29, 0.717) is 0 Å². The number of hydrogen-bond donors (Lipinski definition) is 0. The summed E-state index contributed by atoms with van der Waals surface area (Å²) in [6.07, 6.45) is 5.04. The number of benzene rings is 2. The Morgan fingerprint density at radius 1 is 0.882 bits per heavy atom. The van der Waals surface area contributed by atoms with Crippen molar-refractivity contribution in [2.45, 2.75) is 12.8 Å². The summed E-state index contributed by atoms with van der Waals surface area (Å²) in [7, 11) is 0. The topological polar surface area (TPSA) is 3.24 Å². The summed E-state index contributed by atoms with van der Waals surface area (Å²) in [5.74, 6) is 0. The summed E-state index contributed by atoms with van der Waals surface area (Å²) < 4.78 is 0. The van der Waals surface area contributed by atoms with Crippen molar-refractivity contribution in [3.63, 3.8) is 0 Å². The lowest BCUT2D eigenvalue weighted by Crippen LogP contribution is -2.16. The highest BCUT2D eigenvalue weighted by molar-refractivity contribution is 6.08. The molecule has 0 spiro atoms. The van der Waals surface area contributed by atoms with Gasteiger partial charge in [0.15, 0.2) is 0 Å². The lowest BCUT2D eigenvalue weighted by atomic mass is 10.0. The molecule has 1 nitrogen and oxygen atoms in total. The van der Waals surface area contributed by atoms with Gasteiger partial charge in [-0.05, 0) is 35.3 Å². The highest BCUT2D eigenvalue weighted by Crippen LogP contribution is 2.39. The van der Waals surface area contributed by atoms with Gasteiger partial charge < -0.3 is 4.90 Å². The molecule has 0 radical (unpaired) electrons. The van der Waals surface area contributed by atoms with Gasteiger partial charge in [0.05, 0.1) is 0 Å². The maximum absolute atomic E-state index is 2.54. The van der Waals surface area contributed by atoms with E-state index < -0.39 is 0 Å². The molecule has 2 aliphatic rings. The Hall–Kier alpha value is -1.76. The van der Waals surface area contributed by atoms with Crippen LogP contribution >= 0.6 is 0 Å². The zero-order chi connectivity index (χ0) is 11.2. The van der Waals surface area contributed by atoms with Crippen molar-refractivity contribution in [2.24, 2.45) is 0 Å². The van der Waals surface area contributed by atoms with Crippen LogP contribution in [-0.4, -0.2) is 18.0 Å². The van der Waals surface area contributed by atoms with E-state index in [1.807, 2.05) is 0 Å². The molecule has 1 fully saturated rings. The van der Waals surface area contributed by atoms with Crippen molar-refractivity contribution >= 4 is 22.5 Å². The van der Waals surface area contributed by atoms with Gasteiger partial charge in [-0.2, -0.15) is 0 Å². The number of likely N-dealkylation sites (tertiary alicyclic amines) is 1. The standard InChI is InChI=1S/C16H15N/c1-2-10-17(9-1)15-11-13-7-3-5-12-6-4-8-14(15)16(12)13/h3-8,11H,1-2,9-10H2. The molecule has 1 heteroatoms. The van der Waals surface area contributed by atoms with Crippen LogP contribution in [0, 0.1) is 0 Å². The normalized spacial score (nSPS) is 17.9. The summed E-state index contributed by atoms with van der Waals surface area (Å²) in [4.78, 5) is 2.54. The highest BCUT2D eigenvalue weighted by atomic mass is 15.2. The Balaban J connectivity index is 1.95. The van der Waals surface area contributed by atoms with Crippen LogP contribution in [0.1, 0.15) is 24.0 Å². The van der Waals surface area contributed by atoms with E-state index in [-0.39, 0.29) is 0 Å².